The Labute approximate surface area is 100 Å². The van der Waals surface area contributed by atoms with Gasteiger partial charge in [0, 0.05) is 11.1 Å². The van der Waals surface area contributed by atoms with E-state index in [1.165, 1.54) is 0 Å². The summed E-state index contributed by atoms with van der Waals surface area (Å²) in [6.07, 6.45) is 0. The maximum atomic E-state index is 8.94. The summed E-state index contributed by atoms with van der Waals surface area (Å²) in [5.74, 6) is 5.81. The Balaban J connectivity index is 2.27. The summed E-state index contributed by atoms with van der Waals surface area (Å²) < 4.78 is 0. The normalized spacial score (nSPS) is 10.5. The van der Waals surface area contributed by atoms with E-state index in [4.69, 9.17) is 5.21 Å². The summed E-state index contributed by atoms with van der Waals surface area (Å²) in [7, 11) is 0. The van der Waals surface area contributed by atoms with E-state index in [9.17, 15) is 0 Å². The summed E-state index contributed by atoms with van der Waals surface area (Å²) in [6, 6.07) is 19.0. The van der Waals surface area contributed by atoms with Crippen LogP contribution in [0.25, 0.3) is 0 Å². The minimum absolute atomic E-state index is 0.370. The quantitative estimate of drug-likeness (QED) is 0.341. The lowest BCUT2D eigenvalue weighted by molar-refractivity contribution is 0.320. The second-order valence-corrected chi connectivity index (χ2v) is 3.43. The molecule has 0 aliphatic heterocycles. The molecule has 0 atom stereocenters. The van der Waals surface area contributed by atoms with Crippen molar-refractivity contribution in [3.05, 3.63) is 71.8 Å². The molecule has 0 spiro atoms. The number of hydrogen-bond donors (Lipinski definition) is 1. The smallest absolute Gasteiger partial charge is 0.159 e. The zero-order valence-electron chi connectivity index (χ0n) is 9.17. The molecule has 82 valence electrons. The molecule has 2 aromatic carbocycles. The Morgan fingerprint density at radius 3 is 2.06 bits per heavy atom. The molecular weight excluding hydrogens is 210 g/mol. The van der Waals surface area contributed by atoms with Crippen molar-refractivity contribution in [2.24, 2.45) is 5.16 Å². The lowest BCUT2D eigenvalue weighted by Gasteiger charge is -1.95. The van der Waals surface area contributed by atoms with Crippen LogP contribution in [0.1, 0.15) is 11.1 Å². The first kappa shape index (κ1) is 11.0. The van der Waals surface area contributed by atoms with E-state index < -0.39 is 0 Å². The topological polar surface area (TPSA) is 32.6 Å². The Hall–Kier alpha value is -2.53. The van der Waals surface area contributed by atoms with Gasteiger partial charge in [0.05, 0.1) is 0 Å². The molecule has 0 saturated heterocycles. The van der Waals surface area contributed by atoms with Gasteiger partial charge in [-0.15, -0.1) is 0 Å². The molecule has 0 unspecified atom stereocenters. The van der Waals surface area contributed by atoms with Gasteiger partial charge in [0.15, 0.2) is 5.71 Å². The maximum absolute atomic E-state index is 8.94. The SMILES string of the molecule is O/N=C(\C#Cc1ccccc1)c1ccccc1. The monoisotopic (exact) mass is 221 g/mol. The third-order valence-corrected chi connectivity index (χ3v) is 2.25. The van der Waals surface area contributed by atoms with E-state index in [1.807, 2.05) is 60.7 Å². The highest BCUT2D eigenvalue weighted by atomic mass is 16.4. The summed E-state index contributed by atoms with van der Waals surface area (Å²) in [4.78, 5) is 0. The van der Waals surface area contributed by atoms with Gasteiger partial charge in [-0.3, -0.25) is 0 Å². The van der Waals surface area contributed by atoms with E-state index in [-0.39, 0.29) is 0 Å². The van der Waals surface area contributed by atoms with E-state index in [0.29, 0.717) is 5.71 Å². The van der Waals surface area contributed by atoms with Crippen LogP contribution in [0.3, 0.4) is 0 Å². The molecule has 0 fully saturated rings. The van der Waals surface area contributed by atoms with E-state index >= 15 is 0 Å². The van der Waals surface area contributed by atoms with Crippen LogP contribution in [0.5, 0.6) is 0 Å². The van der Waals surface area contributed by atoms with Gasteiger partial charge in [0.2, 0.25) is 0 Å². The predicted octanol–water partition coefficient (Wildman–Crippen LogP) is 2.92. The number of oxime groups is 1. The fourth-order valence-electron chi connectivity index (χ4n) is 1.40. The highest BCUT2D eigenvalue weighted by Gasteiger charge is 1.98. The molecule has 17 heavy (non-hydrogen) atoms. The first-order valence-corrected chi connectivity index (χ1v) is 5.24. The van der Waals surface area contributed by atoms with Gasteiger partial charge >= 0.3 is 0 Å². The summed E-state index contributed by atoms with van der Waals surface area (Å²) >= 11 is 0. The third-order valence-electron chi connectivity index (χ3n) is 2.25. The first-order valence-electron chi connectivity index (χ1n) is 5.24. The second-order valence-electron chi connectivity index (χ2n) is 3.43. The van der Waals surface area contributed by atoms with Gasteiger partial charge in [-0.25, -0.2) is 0 Å². The molecule has 2 aromatic rings. The molecule has 0 heterocycles. The predicted molar refractivity (Wildman–Crippen MR) is 68.1 cm³/mol. The van der Waals surface area contributed by atoms with Crippen molar-refractivity contribution in [1.82, 2.24) is 0 Å². The molecule has 0 saturated carbocycles. The number of hydrogen-bond acceptors (Lipinski definition) is 2. The van der Waals surface area contributed by atoms with Crippen LogP contribution in [0.4, 0.5) is 0 Å². The minimum atomic E-state index is 0.370. The van der Waals surface area contributed by atoms with Crippen LogP contribution < -0.4 is 0 Å². The fraction of sp³-hybridized carbons (Fsp3) is 0. The highest BCUT2D eigenvalue weighted by molar-refractivity contribution is 6.12. The minimum Gasteiger partial charge on any atom is -0.410 e. The largest absolute Gasteiger partial charge is 0.410 e. The van der Waals surface area contributed by atoms with Crippen molar-refractivity contribution < 1.29 is 5.21 Å². The van der Waals surface area contributed by atoms with Crippen LogP contribution in [-0.4, -0.2) is 10.9 Å². The van der Waals surface area contributed by atoms with Gasteiger partial charge in [0.25, 0.3) is 0 Å². The van der Waals surface area contributed by atoms with Crippen LogP contribution in [0, 0.1) is 11.8 Å². The molecule has 0 aromatic heterocycles. The molecule has 0 aliphatic carbocycles. The molecule has 1 N–H and O–H groups in total. The first-order chi connectivity index (χ1) is 8.40. The number of benzene rings is 2. The van der Waals surface area contributed by atoms with Crippen molar-refractivity contribution in [3.63, 3.8) is 0 Å². The molecule has 0 radical (unpaired) electrons. The van der Waals surface area contributed by atoms with E-state index in [0.717, 1.165) is 11.1 Å². The Morgan fingerprint density at radius 1 is 0.882 bits per heavy atom. The van der Waals surface area contributed by atoms with Gasteiger partial charge in [-0.2, -0.15) is 0 Å². The molecule has 0 aliphatic rings. The summed E-state index contributed by atoms with van der Waals surface area (Å²) in [5.41, 5.74) is 2.07. The lowest BCUT2D eigenvalue weighted by atomic mass is 10.1. The zero-order valence-corrected chi connectivity index (χ0v) is 9.17. The van der Waals surface area contributed by atoms with Gasteiger partial charge in [-0.1, -0.05) is 59.6 Å². The van der Waals surface area contributed by atoms with Gasteiger partial charge in [0.1, 0.15) is 0 Å². The van der Waals surface area contributed by atoms with Crippen LogP contribution in [0.15, 0.2) is 65.8 Å². The van der Waals surface area contributed by atoms with Gasteiger partial charge in [-0.05, 0) is 18.1 Å². The van der Waals surface area contributed by atoms with E-state index in [2.05, 4.69) is 17.0 Å². The third kappa shape index (κ3) is 2.96. The van der Waals surface area contributed by atoms with Crippen LogP contribution in [-0.2, 0) is 0 Å². The molecule has 2 nitrogen and oxygen atoms in total. The van der Waals surface area contributed by atoms with Crippen molar-refractivity contribution in [2.45, 2.75) is 0 Å². The Morgan fingerprint density at radius 2 is 1.47 bits per heavy atom. The molecule has 2 heteroatoms. The highest BCUT2D eigenvalue weighted by Crippen LogP contribution is 2.01. The van der Waals surface area contributed by atoms with Crippen molar-refractivity contribution >= 4 is 5.71 Å². The second kappa shape index (κ2) is 5.53. The summed E-state index contributed by atoms with van der Waals surface area (Å²) in [5, 5.41) is 12.2. The Bertz CT molecular complexity index is 562. The van der Waals surface area contributed by atoms with Crippen LogP contribution in [0.2, 0.25) is 0 Å². The molecule has 0 bridgehead atoms. The number of nitrogens with zero attached hydrogens (tertiary/aromatic N) is 1. The number of rotatable bonds is 1. The average Bonchev–Trinajstić information content (AvgIpc) is 2.42. The average molecular weight is 221 g/mol. The lowest BCUT2D eigenvalue weighted by Crippen LogP contribution is -1.96. The zero-order chi connectivity index (χ0) is 11.9. The standard InChI is InChI=1S/C15H11NO/c17-16-15(14-9-5-2-6-10-14)12-11-13-7-3-1-4-8-13/h1-10,17H/b16-15+. The van der Waals surface area contributed by atoms with Crippen molar-refractivity contribution in [3.8, 4) is 11.8 Å². The van der Waals surface area contributed by atoms with Crippen LogP contribution >= 0.6 is 0 Å². The molecular formula is C15H11NO. The van der Waals surface area contributed by atoms with Gasteiger partial charge < -0.3 is 5.21 Å². The Kier molecular flexibility index (Phi) is 3.57. The molecule has 0 amide bonds. The van der Waals surface area contributed by atoms with Crippen molar-refractivity contribution in [1.29, 1.82) is 0 Å². The summed E-state index contributed by atoms with van der Waals surface area (Å²) in [6.45, 7) is 0. The van der Waals surface area contributed by atoms with E-state index in [1.54, 1.807) is 0 Å². The molecule has 2 rings (SSSR count). The maximum Gasteiger partial charge on any atom is 0.159 e. The van der Waals surface area contributed by atoms with Crippen molar-refractivity contribution in [2.75, 3.05) is 0 Å². The fourth-order valence-corrected chi connectivity index (χ4v) is 1.40.